The Morgan fingerprint density at radius 2 is 0.870 bits per heavy atom. The summed E-state index contributed by atoms with van der Waals surface area (Å²) in [6.45, 7) is 0. The number of hydrogen-bond donors (Lipinski definition) is 0. The zero-order valence-corrected chi connectivity index (χ0v) is 12.0. The molecule has 130 valence electrons. The van der Waals surface area contributed by atoms with Crippen molar-refractivity contribution in [3.8, 4) is 0 Å². The van der Waals surface area contributed by atoms with Crippen molar-refractivity contribution in [2.45, 2.75) is 29.1 Å². The topological polar surface area (TPSA) is 216 Å². The summed E-state index contributed by atoms with van der Waals surface area (Å²) in [5.74, 6) is -9.49. The van der Waals surface area contributed by atoms with E-state index in [1.54, 1.807) is 0 Å². The molecule has 23 heavy (non-hydrogen) atoms. The largest absolute Gasteiger partial charge is 0.621 e. The lowest BCUT2D eigenvalue weighted by Gasteiger charge is -2.20. The molecule has 0 aliphatic heterocycles. The van der Waals surface area contributed by atoms with E-state index in [1.165, 1.54) is 0 Å². The number of nitro groups is 5. The van der Waals surface area contributed by atoms with Crippen molar-refractivity contribution in [3.63, 3.8) is 0 Å². The molecule has 18 heteroatoms. The van der Waals surface area contributed by atoms with Gasteiger partial charge >= 0.3 is 16.3 Å². The second kappa shape index (κ2) is 6.22. The standard InChI is InChI=1S/C5H4BrF2N5O10/c6-3(9(14)15,1-4(7,10(16)17)11(18)19)2-5(8,12(20)21)13(22)23/h1-2H2. The fourth-order valence-electron chi connectivity index (χ4n) is 1.27. The number of rotatable bonds is 9. The van der Waals surface area contributed by atoms with Crippen molar-refractivity contribution in [1.82, 2.24) is 0 Å². The molecule has 0 saturated heterocycles. The molecule has 0 atom stereocenters. The first kappa shape index (κ1) is 20.3. The average molecular weight is 412 g/mol. The minimum Gasteiger partial charge on any atom is -0.263 e. The molecule has 0 spiro atoms. The highest BCUT2D eigenvalue weighted by Gasteiger charge is 2.74. The highest BCUT2D eigenvalue weighted by atomic mass is 79.9. The second-order valence-corrected chi connectivity index (χ2v) is 5.47. The van der Waals surface area contributed by atoms with Gasteiger partial charge in [-0.05, 0) is 0 Å². The maximum atomic E-state index is 13.7. The lowest BCUT2D eigenvalue weighted by Crippen LogP contribution is -2.54. The van der Waals surface area contributed by atoms with E-state index in [0.29, 0.717) is 0 Å². The normalized spacial score (nSPS) is 12.5. The molecule has 0 unspecified atom stereocenters. The van der Waals surface area contributed by atoms with Crippen LogP contribution >= 0.6 is 15.9 Å². The van der Waals surface area contributed by atoms with Crippen LogP contribution in [0.3, 0.4) is 0 Å². The minimum atomic E-state index is -4.75. The number of nitrogens with zero attached hydrogens (tertiary/aromatic N) is 5. The summed E-state index contributed by atoms with van der Waals surface area (Å²) in [5.41, 5.74) is 0. The van der Waals surface area contributed by atoms with Gasteiger partial charge in [-0.15, -0.1) is 0 Å². The molecule has 0 bridgehead atoms. The molecule has 0 heterocycles. The van der Waals surface area contributed by atoms with Crippen molar-refractivity contribution in [2.24, 2.45) is 0 Å². The van der Waals surface area contributed by atoms with Gasteiger partial charge in [0.2, 0.25) is 12.8 Å². The van der Waals surface area contributed by atoms with Crippen LogP contribution in [0.5, 0.6) is 0 Å². The van der Waals surface area contributed by atoms with Gasteiger partial charge in [0.05, 0.1) is 0 Å². The molecule has 0 rings (SSSR count). The van der Waals surface area contributed by atoms with Gasteiger partial charge in [-0.1, -0.05) is 8.78 Å². The Balaban J connectivity index is 6.01. The average Bonchev–Trinajstić information content (AvgIpc) is 2.36. The van der Waals surface area contributed by atoms with E-state index in [1.807, 2.05) is 15.9 Å². The van der Waals surface area contributed by atoms with Crippen LogP contribution in [0, 0.1) is 50.6 Å². The molecule has 0 aromatic carbocycles. The molecular formula is C5H4BrF2N5O10. The maximum Gasteiger partial charge on any atom is 0.621 e. The Morgan fingerprint density at radius 1 is 0.652 bits per heavy atom. The fraction of sp³-hybridized carbons (Fsp3) is 1.00. The third-order valence-corrected chi connectivity index (χ3v) is 3.29. The summed E-state index contributed by atoms with van der Waals surface area (Å²) in [7, 11) is 0. The van der Waals surface area contributed by atoms with Crippen molar-refractivity contribution >= 4 is 15.9 Å². The fourth-order valence-corrected chi connectivity index (χ4v) is 1.99. The molecule has 0 aromatic rings. The van der Waals surface area contributed by atoms with Gasteiger partial charge < -0.3 is 0 Å². The molecular weight excluding hydrogens is 408 g/mol. The highest BCUT2D eigenvalue weighted by Crippen LogP contribution is 2.40. The maximum absolute atomic E-state index is 13.7. The molecule has 0 saturated carbocycles. The summed E-state index contributed by atoms with van der Waals surface area (Å²) in [4.78, 5) is 41.7. The van der Waals surface area contributed by atoms with Gasteiger partial charge in [0.1, 0.15) is 19.7 Å². The predicted octanol–water partition coefficient (Wildman–Crippen LogP) is 0.488. The monoisotopic (exact) mass is 411 g/mol. The van der Waals surface area contributed by atoms with E-state index in [0.717, 1.165) is 0 Å². The zero-order chi connectivity index (χ0) is 18.8. The van der Waals surface area contributed by atoms with Crippen LogP contribution in [-0.2, 0) is 0 Å². The van der Waals surface area contributed by atoms with Crippen LogP contribution in [0.25, 0.3) is 0 Å². The Kier molecular flexibility index (Phi) is 5.50. The van der Waals surface area contributed by atoms with E-state index in [9.17, 15) is 59.4 Å². The third kappa shape index (κ3) is 3.76. The summed E-state index contributed by atoms with van der Waals surface area (Å²) in [5, 5.41) is 52.3. The summed E-state index contributed by atoms with van der Waals surface area (Å²) >= 11 is 1.90. The summed E-state index contributed by atoms with van der Waals surface area (Å²) < 4.78 is 23.8. The molecule has 15 nitrogen and oxygen atoms in total. The van der Waals surface area contributed by atoms with Gasteiger partial charge in [-0.25, -0.2) is 0 Å². The Hall–Kier alpha value is -2.66. The molecule has 0 amide bonds. The first-order chi connectivity index (χ1) is 10.1. The lowest BCUT2D eigenvalue weighted by atomic mass is 10.1. The Labute approximate surface area is 130 Å². The smallest absolute Gasteiger partial charge is 0.263 e. The Morgan fingerprint density at radius 3 is 1.00 bits per heavy atom. The highest BCUT2D eigenvalue weighted by molar-refractivity contribution is 9.10. The van der Waals surface area contributed by atoms with Crippen LogP contribution < -0.4 is 0 Å². The van der Waals surface area contributed by atoms with E-state index >= 15 is 0 Å². The molecule has 0 aliphatic rings. The van der Waals surface area contributed by atoms with Crippen LogP contribution in [-0.4, -0.2) is 40.9 Å². The van der Waals surface area contributed by atoms with E-state index in [2.05, 4.69) is 0 Å². The molecule has 0 aromatic heterocycles. The number of hydrogen-bond acceptors (Lipinski definition) is 10. The van der Waals surface area contributed by atoms with Crippen LogP contribution in [0.2, 0.25) is 0 Å². The number of alkyl halides is 3. The molecule has 0 fully saturated rings. The van der Waals surface area contributed by atoms with E-state index < -0.39 is 53.7 Å². The van der Waals surface area contributed by atoms with Crippen molar-refractivity contribution in [1.29, 1.82) is 0 Å². The molecule has 0 radical (unpaired) electrons. The van der Waals surface area contributed by atoms with Crippen molar-refractivity contribution in [3.05, 3.63) is 50.6 Å². The minimum absolute atomic E-state index is 1.78. The van der Waals surface area contributed by atoms with Gasteiger partial charge in [0.25, 0.3) is 0 Å². The first-order valence-corrected chi connectivity index (χ1v) is 5.72. The van der Waals surface area contributed by atoms with Gasteiger partial charge in [-0.3, -0.25) is 50.6 Å². The van der Waals surface area contributed by atoms with Crippen molar-refractivity contribution in [2.75, 3.05) is 0 Å². The van der Waals surface area contributed by atoms with Gasteiger partial charge in [0, 0.05) is 20.9 Å². The Bertz CT molecular complexity index is 516. The summed E-state index contributed by atoms with van der Waals surface area (Å²) in [6, 6.07) is 0. The molecule has 0 aliphatic carbocycles. The SMILES string of the molecule is O=[N+]([O-])C(Br)(CC(F)([N+](=O)[O-])[N+](=O)[O-])CC(F)([N+](=O)[O-])[N+](=O)[O-]. The van der Waals surface area contributed by atoms with Crippen LogP contribution in [0.15, 0.2) is 0 Å². The summed E-state index contributed by atoms with van der Waals surface area (Å²) in [6.07, 6.45) is -4.72. The molecule has 0 N–H and O–H groups in total. The van der Waals surface area contributed by atoms with Crippen LogP contribution in [0.1, 0.15) is 12.8 Å². The third-order valence-electron chi connectivity index (χ3n) is 2.44. The van der Waals surface area contributed by atoms with Crippen molar-refractivity contribution < 1.29 is 33.4 Å². The predicted molar refractivity (Wildman–Crippen MR) is 63.5 cm³/mol. The number of halogens is 3. The second-order valence-electron chi connectivity index (χ2n) is 3.99. The zero-order valence-electron chi connectivity index (χ0n) is 10.4. The lowest BCUT2D eigenvalue weighted by molar-refractivity contribution is -0.847. The van der Waals surface area contributed by atoms with Crippen LogP contribution in [0.4, 0.5) is 8.78 Å². The van der Waals surface area contributed by atoms with E-state index in [-0.39, 0.29) is 0 Å². The quantitative estimate of drug-likeness (QED) is 0.168. The van der Waals surface area contributed by atoms with Gasteiger partial charge in [-0.2, -0.15) is 0 Å². The first-order valence-electron chi connectivity index (χ1n) is 4.92. The van der Waals surface area contributed by atoms with Gasteiger partial charge in [0.15, 0.2) is 0 Å². The van der Waals surface area contributed by atoms with E-state index in [4.69, 9.17) is 0 Å².